The van der Waals surface area contributed by atoms with Crippen LogP contribution in [-0.4, -0.2) is 56.1 Å². The Morgan fingerprint density at radius 3 is 2.41 bits per heavy atom. The van der Waals surface area contributed by atoms with Crippen LogP contribution in [0.5, 0.6) is 0 Å². The van der Waals surface area contributed by atoms with Gasteiger partial charge >= 0.3 is 0 Å². The van der Waals surface area contributed by atoms with Crippen LogP contribution in [0, 0.1) is 0 Å². The largest absolute Gasteiger partial charge is 0.379 e. The third-order valence-corrected chi connectivity index (χ3v) is 6.78. The molecule has 3 aromatic rings. The standard InChI is InChI=1S/C30H32N4O3/c1-2-27(35)34(17-16-33-18-20-37-21-19-33)24-14-12-23(13-15-24)31-29(22-8-4-3-5-9-22)28-25-10-6-7-11-26(25)32-30(28)36/h3-15,31H,2,16-21H2,1H3,(H,32,36)/b29-28-. The van der Waals surface area contributed by atoms with Gasteiger partial charge in [0.05, 0.1) is 24.5 Å². The van der Waals surface area contributed by atoms with Crippen LogP contribution < -0.4 is 15.5 Å². The van der Waals surface area contributed by atoms with Crippen LogP contribution in [0.3, 0.4) is 0 Å². The van der Waals surface area contributed by atoms with Crippen molar-refractivity contribution in [2.45, 2.75) is 13.3 Å². The van der Waals surface area contributed by atoms with Crippen molar-refractivity contribution in [1.29, 1.82) is 0 Å². The van der Waals surface area contributed by atoms with Gasteiger partial charge in [0.15, 0.2) is 0 Å². The van der Waals surface area contributed by atoms with Crippen molar-refractivity contribution in [2.75, 3.05) is 54.9 Å². The van der Waals surface area contributed by atoms with E-state index in [-0.39, 0.29) is 11.8 Å². The van der Waals surface area contributed by atoms with E-state index in [9.17, 15) is 9.59 Å². The molecule has 3 aromatic carbocycles. The summed E-state index contributed by atoms with van der Waals surface area (Å²) in [6, 6.07) is 25.4. The van der Waals surface area contributed by atoms with Crippen LogP contribution in [0.2, 0.25) is 0 Å². The first-order chi connectivity index (χ1) is 18.1. The Morgan fingerprint density at radius 2 is 1.68 bits per heavy atom. The van der Waals surface area contributed by atoms with Gasteiger partial charge in [-0.1, -0.05) is 55.5 Å². The lowest BCUT2D eigenvalue weighted by Crippen LogP contribution is -2.43. The second-order valence-electron chi connectivity index (χ2n) is 9.14. The molecule has 0 unspecified atom stereocenters. The molecule has 0 atom stereocenters. The van der Waals surface area contributed by atoms with Crippen molar-refractivity contribution in [3.05, 3.63) is 90.0 Å². The number of amides is 2. The summed E-state index contributed by atoms with van der Waals surface area (Å²) >= 11 is 0. The van der Waals surface area contributed by atoms with Gasteiger partial charge in [-0.05, 0) is 35.9 Å². The number of fused-ring (bicyclic) bond motifs is 1. The van der Waals surface area contributed by atoms with E-state index in [1.165, 1.54) is 0 Å². The number of hydrogen-bond acceptors (Lipinski definition) is 5. The normalized spacial score (nSPS) is 16.6. The zero-order valence-electron chi connectivity index (χ0n) is 21.1. The third kappa shape index (κ3) is 5.58. The molecular formula is C30H32N4O3. The maximum absolute atomic E-state index is 13.0. The number of rotatable bonds is 8. The fourth-order valence-corrected chi connectivity index (χ4v) is 4.77. The zero-order chi connectivity index (χ0) is 25.6. The van der Waals surface area contributed by atoms with E-state index in [1.807, 2.05) is 90.7 Å². The molecule has 2 heterocycles. The Bertz CT molecular complexity index is 1280. The fraction of sp³-hybridized carbons (Fsp3) is 0.267. The summed E-state index contributed by atoms with van der Waals surface area (Å²) in [5.74, 6) is -0.0349. The molecule has 1 saturated heterocycles. The first-order valence-corrected chi connectivity index (χ1v) is 12.8. The van der Waals surface area contributed by atoms with E-state index < -0.39 is 0 Å². The van der Waals surface area contributed by atoms with Gasteiger partial charge in [-0.3, -0.25) is 14.5 Å². The monoisotopic (exact) mass is 496 g/mol. The molecule has 0 saturated carbocycles. The van der Waals surface area contributed by atoms with Crippen molar-refractivity contribution in [3.63, 3.8) is 0 Å². The minimum Gasteiger partial charge on any atom is -0.379 e. The van der Waals surface area contributed by atoms with Crippen molar-refractivity contribution in [2.24, 2.45) is 0 Å². The average Bonchev–Trinajstić information content (AvgIpc) is 3.28. The molecule has 0 spiro atoms. The number of benzene rings is 3. The Morgan fingerprint density at radius 1 is 0.973 bits per heavy atom. The van der Waals surface area contributed by atoms with Crippen molar-refractivity contribution in [3.8, 4) is 0 Å². The van der Waals surface area contributed by atoms with Crippen LogP contribution in [0.15, 0.2) is 78.9 Å². The molecule has 2 aliphatic heterocycles. The highest BCUT2D eigenvalue weighted by molar-refractivity contribution is 6.37. The fourth-order valence-electron chi connectivity index (χ4n) is 4.77. The summed E-state index contributed by atoms with van der Waals surface area (Å²) in [4.78, 5) is 30.0. The molecule has 0 radical (unpaired) electrons. The van der Waals surface area contributed by atoms with E-state index in [4.69, 9.17) is 4.74 Å². The quantitative estimate of drug-likeness (QED) is 0.443. The Balaban J connectivity index is 1.41. The van der Waals surface area contributed by atoms with E-state index >= 15 is 0 Å². The van der Waals surface area contributed by atoms with E-state index in [0.29, 0.717) is 18.5 Å². The highest BCUT2D eigenvalue weighted by Gasteiger charge is 2.28. The molecule has 1 fully saturated rings. The van der Waals surface area contributed by atoms with Gasteiger partial charge in [0.1, 0.15) is 0 Å². The highest BCUT2D eigenvalue weighted by atomic mass is 16.5. The number of anilines is 3. The number of carbonyl (C=O) groups excluding carboxylic acids is 2. The first-order valence-electron chi connectivity index (χ1n) is 12.8. The van der Waals surface area contributed by atoms with E-state index in [1.54, 1.807) is 0 Å². The van der Waals surface area contributed by atoms with Gasteiger partial charge in [-0.2, -0.15) is 0 Å². The minimum atomic E-state index is -0.132. The maximum atomic E-state index is 13.0. The molecule has 2 aliphatic rings. The third-order valence-electron chi connectivity index (χ3n) is 6.78. The molecular weight excluding hydrogens is 464 g/mol. The second-order valence-corrected chi connectivity index (χ2v) is 9.14. The van der Waals surface area contributed by atoms with Gasteiger partial charge in [0.25, 0.3) is 5.91 Å². The Labute approximate surface area is 217 Å². The second kappa shape index (κ2) is 11.4. The lowest BCUT2D eigenvalue weighted by molar-refractivity contribution is -0.118. The minimum absolute atomic E-state index is 0.0975. The number of ether oxygens (including phenoxy) is 1. The smallest absolute Gasteiger partial charge is 0.258 e. The van der Waals surface area contributed by atoms with Crippen molar-refractivity contribution < 1.29 is 14.3 Å². The Hall–Kier alpha value is -3.94. The summed E-state index contributed by atoms with van der Waals surface area (Å²) in [5, 5.41) is 6.47. The molecule has 7 heteroatoms. The molecule has 5 rings (SSSR count). The van der Waals surface area contributed by atoms with Crippen LogP contribution in [0.25, 0.3) is 11.3 Å². The number of morpholine rings is 1. The number of nitrogens with one attached hydrogen (secondary N) is 2. The topological polar surface area (TPSA) is 73.9 Å². The predicted octanol–water partition coefficient (Wildman–Crippen LogP) is 4.69. The molecule has 2 N–H and O–H groups in total. The molecule has 0 aliphatic carbocycles. The Kier molecular flexibility index (Phi) is 7.63. The molecule has 0 aromatic heterocycles. The number of hydrogen-bond donors (Lipinski definition) is 2. The summed E-state index contributed by atoms with van der Waals surface area (Å²) in [6.07, 6.45) is 0.446. The van der Waals surface area contributed by atoms with Gasteiger partial charge in [-0.25, -0.2) is 0 Å². The lowest BCUT2D eigenvalue weighted by atomic mass is 10.00. The van der Waals surface area contributed by atoms with Crippen LogP contribution >= 0.6 is 0 Å². The molecule has 2 amide bonds. The highest BCUT2D eigenvalue weighted by Crippen LogP contribution is 2.37. The van der Waals surface area contributed by atoms with Crippen molar-refractivity contribution >= 4 is 40.1 Å². The average molecular weight is 497 g/mol. The van der Waals surface area contributed by atoms with Gasteiger partial charge in [0.2, 0.25) is 5.91 Å². The summed E-state index contributed by atoms with van der Waals surface area (Å²) < 4.78 is 5.44. The first kappa shape index (κ1) is 24.7. The zero-order valence-corrected chi connectivity index (χ0v) is 21.1. The van der Waals surface area contributed by atoms with Crippen LogP contribution in [-0.2, 0) is 14.3 Å². The predicted molar refractivity (Wildman–Crippen MR) is 148 cm³/mol. The number of carbonyl (C=O) groups is 2. The number of para-hydroxylation sites is 1. The number of nitrogens with zero attached hydrogens (tertiary/aromatic N) is 2. The van der Waals surface area contributed by atoms with Gasteiger partial charge < -0.3 is 20.3 Å². The van der Waals surface area contributed by atoms with Crippen LogP contribution in [0.4, 0.5) is 17.1 Å². The summed E-state index contributed by atoms with van der Waals surface area (Å²) in [6.45, 7) is 6.61. The van der Waals surface area contributed by atoms with E-state index in [0.717, 1.165) is 66.7 Å². The summed E-state index contributed by atoms with van der Waals surface area (Å²) in [5.41, 5.74) is 5.65. The maximum Gasteiger partial charge on any atom is 0.258 e. The van der Waals surface area contributed by atoms with Crippen LogP contribution in [0.1, 0.15) is 24.5 Å². The molecule has 190 valence electrons. The lowest BCUT2D eigenvalue weighted by Gasteiger charge is -2.30. The molecule has 37 heavy (non-hydrogen) atoms. The van der Waals surface area contributed by atoms with E-state index in [2.05, 4.69) is 15.5 Å². The van der Waals surface area contributed by atoms with Gasteiger partial charge in [-0.15, -0.1) is 0 Å². The van der Waals surface area contributed by atoms with Gasteiger partial charge in [0, 0.05) is 55.2 Å². The molecule has 0 bridgehead atoms. The molecule has 7 nitrogen and oxygen atoms in total. The summed E-state index contributed by atoms with van der Waals surface area (Å²) in [7, 11) is 0. The SMILES string of the molecule is CCC(=O)N(CCN1CCOCC1)c1ccc(N/C(=C2\C(=O)Nc3ccccc32)c2ccccc2)cc1. The van der Waals surface area contributed by atoms with Crippen molar-refractivity contribution in [1.82, 2.24) is 4.90 Å².